The number of hydrogen-bond donors (Lipinski definition) is 1. The Morgan fingerprint density at radius 1 is 1.59 bits per heavy atom. The molecule has 3 nitrogen and oxygen atoms in total. The quantitative estimate of drug-likeness (QED) is 0.891. The highest BCUT2D eigenvalue weighted by Gasteiger charge is 2.43. The summed E-state index contributed by atoms with van der Waals surface area (Å²) >= 11 is 1.79. The van der Waals surface area contributed by atoms with E-state index in [1.54, 1.807) is 11.3 Å². The Kier molecular flexibility index (Phi) is 2.97. The maximum absolute atomic E-state index is 4.57. The van der Waals surface area contributed by atoms with Crippen molar-refractivity contribution in [2.24, 2.45) is 5.92 Å². The van der Waals surface area contributed by atoms with Gasteiger partial charge in [0.15, 0.2) is 0 Å². The SMILES string of the molecule is Cc1csc(CN2CCNC(C)(C3CC3)C2)n1. The van der Waals surface area contributed by atoms with Gasteiger partial charge in [-0.25, -0.2) is 4.98 Å². The van der Waals surface area contributed by atoms with Gasteiger partial charge in [0.25, 0.3) is 0 Å². The first-order chi connectivity index (χ1) is 8.16. The molecule has 0 aromatic carbocycles. The van der Waals surface area contributed by atoms with Gasteiger partial charge in [-0.15, -0.1) is 11.3 Å². The third-order valence-electron chi connectivity index (χ3n) is 4.01. The predicted molar refractivity (Wildman–Crippen MR) is 71.3 cm³/mol. The number of aromatic nitrogens is 1. The zero-order valence-corrected chi connectivity index (χ0v) is 11.5. The molecule has 1 unspecified atom stereocenters. The molecule has 0 radical (unpaired) electrons. The zero-order chi connectivity index (χ0) is 11.9. The topological polar surface area (TPSA) is 28.2 Å². The summed E-state index contributed by atoms with van der Waals surface area (Å²) in [4.78, 5) is 7.13. The highest BCUT2D eigenvalue weighted by molar-refractivity contribution is 7.09. The Balaban J connectivity index is 1.63. The van der Waals surface area contributed by atoms with Crippen LogP contribution in [0.15, 0.2) is 5.38 Å². The van der Waals surface area contributed by atoms with E-state index >= 15 is 0 Å². The summed E-state index contributed by atoms with van der Waals surface area (Å²) in [6.45, 7) is 8.95. The zero-order valence-electron chi connectivity index (χ0n) is 10.7. The molecule has 1 saturated carbocycles. The minimum absolute atomic E-state index is 0.352. The van der Waals surface area contributed by atoms with E-state index in [0.717, 1.165) is 31.2 Å². The average Bonchev–Trinajstić information content (AvgIpc) is 3.05. The predicted octanol–water partition coefficient (Wildman–Crippen LogP) is 2.03. The van der Waals surface area contributed by atoms with Crippen molar-refractivity contribution in [3.05, 3.63) is 16.1 Å². The van der Waals surface area contributed by atoms with Crippen molar-refractivity contribution in [1.29, 1.82) is 0 Å². The third-order valence-corrected chi connectivity index (χ3v) is 4.96. The van der Waals surface area contributed by atoms with Crippen LogP contribution in [-0.4, -0.2) is 35.1 Å². The monoisotopic (exact) mass is 251 g/mol. The summed E-state index contributed by atoms with van der Waals surface area (Å²) in [5.41, 5.74) is 1.51. The molecule has 2 fully saturated rings. The van der Waals surface area contributed by atoms with Gasteiger partial charge in [-0.1, -0.05) is 0 Å². The van der Waals surface area contributed by atoms with Gasteiger partial charge in [-0.3, -0.25) is 4.90 Å². The largest absolute Gasteiger partial charge is 0.309 e. The molecule has 3 rings (SSSR count). The van der Waals surface area contributed by atoms with Crippen molar-refractivity contribution < 1.29 is 0 Å². The summed E-state index contributed by atoms with van der Waals surface area (Å²) in [5, 5.41) is 7.14. The fourth-order valence-corrected chi connectivity index (χ4v) is 3.71. The van der Waals surface area contributed by atoms with Crippen LogP contribution in [0, 0.1) is 12.8 Å². The van der Waals surface area contributed by atoms with Gasteiger partial charge in [0.2, 0.25) is 0 Å². The molecule has 1 aromatic rings. The van der Waals surface area contributed by atoms with Gasteiger partial charge in [-0.05, 0) is 32.6 Å². The molecular formula is C13H21N3S. The molecule has 1 atom stereocenters. The standard InChI is InChI=1S/C13H21N3S/c1-10-8-17-12(15-10)7-16-6-5-14-13(2,9-16)11-3-4-11/h8,11,14H,3-7,9H2,1-2H3. The van der Waals surface area contributed by atoms with E-state index in [2.05, 4.69) is 34.4 Å². The molecule has 1 aliphatic heterocycles. The summed E-state index contributed by atoms with van der Waals surface area (Å²) in [5.74, 6) is 0.906. The Hall–Kier alpha value is -0.450. The first kappa shape index (κ1) is 11.6. The van der Waals surface area contributed by atoms with Crippen LogP contribution >= 0.6 is 11.3 Å². The second-order valence-electron chi connectivity index (χ2n) is 5.71. The van der Waals surface area contributed by atoms with E-state index in [4.69, 9.17) is 0 Å². The van der Waals surface area contributed by atoms with Crippen LogP contribution in [-0.2, 0) is 6.54 Å². The first-order valence-electron chi connectivity index (χ1n) is 6.54. The molecule has 4 heteroatoms. The summed E-state index contributed by atoms with van der Waals surface area (Å²) in [6, 6.07) is 0. The normalized spacial score (nSPS) is 30.7. The molecule has 94 valence electrons. The van der Waals surface area contributed by atoms with Crippen LogP contribution in [0.3, 0.4) is 0 Å². The smallest absolute Gasteiger partial charge is 0.107 e. The Morgan fingerprint density at radius 3 is 3.06 bits per heavy atom. The van der Waals surface area contributed by atoms with E-state index in [1.807, 2.05) is 0 Å². The molecule has 1 saturated heterocycles. The molecule has 0 bridgehead atoms. The summed E-state index contributed by atoms with van der Waals surface area (Å²) < 4.78 is 0. The van der Waals surface area contributed by atoms with Crippen LogP contribution < -0.4 is 5.32 Å². The fraction of sp³-hybridized carbons (Fsp3) is 0.769. The molecule has 17 heavy (non-hydrogen) atoms. The average molecular weight is 251 g/mol. The van der Waals surface area contributed by atoms with Crippen molar-refractivity contribution in [2.45, 2.75) is 38.8 Å². The number of hydrogen-bond acceptors (Lipinski definition) is 4. The molecule has 1 aromatic heterocycles. The van der Waals surface area contributed by atoms with E-state index in [0.29, 0.717) is 5.54 Å². The number of piperazine rings is 1. The number of thiazole rings is 1. The number of nitrogens with zero attached hydrogens (tertiary/aromatic N) is 2. The molecule has 1 N–H and O–H groups in total. The van der Waals surface area contributed by atoms with Gasteiger partial charge in [-0.2, -0.15) is 0 Å². The fourth-order valence-electron chi connectivity index (χ4n) is 2.89. The summed E-state index contributed by atoms with van der Waals surface area (Å²) in [6.07, 6.45) is 2.82. The number of nitrogens with one attached hydrogen (secondary N) is 1. The first-order valence-corrected chi connectivity index (χ1v) is 7.42. The lowest BCUT2D eigenvalue weighted by Gasteiger charge is -2.41. The number of rotatable bonds is 3. The maximum Gasteiger partial charge on any atom is 0.107 e. The van der Waals surface area contributed by atoms with E-state index in [1.165, 1.54) is 24.4 Å². The highest BCUT2D eigenvalue weighted by Crippen LogP contribution is 2.40. The molecule has 2 heterocycles. The second kappa shape index (κ2) is 4.34. The van der Waals surface area contributed by atoms with Gasteiger partial charge in [0.05, 0.1) is 6.54 Å². The lowest BCUT2D eigenvalue weighted by molar-refractivity contribution is 0.121. The molecule has 2 aliphatic rings. The van der Waals surface area contributed by atoms with Crippen molar-refractivity contribution in [1.82, 2.24) is 15.2 Å². The van der Waals surface area contributed by atoms with Gasteiger partial charge in [0, 0.05) is 36.2 Å². The molecular weight excluding hydrogens is 230 g/mol. The highest BCUT2D eigenvalue weighted by atomic mass is 32.1. The molecule has 1 aliphatic carbocycles. The van der Waals surface area contributed by atoms with Crippen molar-refractivity contribution in [3.8, 4) is 0 Å². The lowest BCUT2D eigenvalue weighted by Crippen LogP contribution is -2.59. The van der Waals surface area contributed by atoms with Gasteiger partial charge < -0.3 is 5.32 Å². The number of aryl methyl sites for hydroxylation is 1. The van der Waals surface area contributed by atoms with Crippen LogP contribution in [0.25, 0.3) is 0 Å². The second-order valence-corrected chi connectivity index (χ2v) is 6.65. The molecule has 0 spiro atoms. The van der Waals surface area contributed by atoms with Gasteiger partial charge in [0.1, 0.15) is 5.01 Å². The van der Waals surface area contributed by atoms with Crippen LogP contribution in [0.2, 0.25) is 0 Å². The van der Waals surface area contributed by atoms with E-state index in [-0.39, 0.29) is 0 Å². The van der Waals surface area contributed by atoms with Crippen molar-refractivity contribution >= 4 is 11.3 Å². The lowest BCUT2D eigenvalue weighted by atomic mass is 9.93. The van der Waals surface area contributed by atoms with Crippen LogP contribution in [0.1, 0.15) is 30.5 Å². The maximum atomic E-state index is 4.57. The Labute approximate surface area is 107 Å². The third kappa shape index (κ3) is 2.54. The van der Waals surface area contributed by atoms with E-state index in [9.17, 15) is 0 Å². The van der Waals surface area contributed by atoms with Crippen LogP contribution in [0.4, 0.5) is 0 Å². The molecule has 0 amide bonds. The summed E-state index contributed by atoms with van der Waals surface area (Å²) in [7, 11) is 0. The van der Waals surface area contributed by atoms with E-state index < -0.39 is 0 Å². The Bertz CT molecular complexity index is 399. The van der Waals surface area contributed by atoms with Crippen molar-refractivity contribution in [2.75, 3.05) is 19.6 Å². The Morgan fingerprint density at radius 2 is 2.41 bits per heavy atom. The minimum atomic E-state index is 0.352. The minimum Gasteiger partial charge on any atom is -0.309 e. The van der Waals surface area contributed by atoms with Crippen molar-refractivity contribution in [3.63, 3.8) is 0 Å². The van der Waals surface area contributed by atoms with Gasteiger partial charge >= 0.3 is 0 Å². The van der Waals surface area contributed by atoms with Crippen LogP contribution in [0.5, 0.6) is 0 Å².